The van der Waals surface area contributed by atoms with Crippen molar-refractivity contribution in [3.63, 3.8) is 0 Å². The summed E-state index contributed by atoms with van der Waals surface area (Å²) in [6.07, 6.45) is 6.16. The zero-order chi connectivity index (χ0) is 30.6. The van der Waals surface area contributed by atoms with E-state index >= 15 is 0 Å². The van der Waals surface area contributed by atoms with Gasteiger partial charge in [-0.05, 0) is 105 Å². The second kappa shape index (κ2) is 11.3. The van der Waals surface area contributed by atoms with Crippen LogP contribution in [-0.4, -0.2) is 42.0 Å². The largest absolute Gasteiger partial charge is 0.458 e. The van der Waals surface area contributed by atoms with Gasteiger partial charge in [-0.15, -0.1) is 0 Å². The molecule has 3 N–H and O–H groups in total. The molecule has 0 aliphatic heterocycles. The second-order valence-electron chi connectivity index (χ2n) is 12.7. The van der Waals surface area contributed by atoms with Crippen molar-refractivity contribution >= 4 is 16.1 Å². The summed E-state index contributed by atoms with van der Waals surface area (Å²) in [6.45, 7) is 12.1. The topological polar surface area (TPSA) is 146 Å². The summed E-state index contributed by atoms with van der Waals surface area (Å²) in [5.41, 5.74) is 8.11. The molecule has 42 heavy (non-hydrogen) atoms. The maximum atomic E-state index is 13.9. The van der Waals surface area contributed by atoms with Gasteiger partial charge in [-0.25, -0.2) is 15.1 Å². The van der Waals surface area contributed by atoms with Gasteiger partial charge in [0.05, 0.1) is 24.0 Å². The lowest BCUT2D eigenvalue weighted by Gasteiger charge is -2.31. The number of benzene rings is 1. The fourth-order valence-electron chi connectivity index (χ4n) is 7.13. The number of hydrogen-bond donors (Lipinski definition) is 2. The van der Waals surface area contributed by atoms with Gasteiger partial charge < -0.3 is 9.52 Å². The van der Waals surface area contributed by atoms with E-state index in [0.717, 1.165) is 30.6 Å². The quantitative estimate of drug-likeness (QED) is 0.354. The van der Waals surface area contributed by atoms with Crippen molar-refractivity contribution in [3.05, 3.63) is 80.8 Å². The first-order chi connectivity index (χ1) is 19.7. The Balaban J connectivity index is 1.41. The summed E-state index contributed by atoms with van der Waals surface area (Å²) in [6, 6.07) is 4.19. The lowest BCUT2D eigenvalue weighted by atomic mass is 9.75. The van der Waals surface area contributed by atoms with Crippen LogP contribution in [0.2, 0.25) is 0 Å². The molecular weight excluding hydrogens is 554 g/mol. The van der Waals surface area contributed by atoms with E-state index in [1.807, 2.05) is 26.8 Å². The molecular formula is C32H41N3O6S. The lowest BCUT2D eigenvalue weighted by molar-refractivity contribution is 0.0180. The fourth-order valence-corrected chi connectivity index (χ4v) is 7.50. The van der Waals surface area contributed by atoms with E-state index in [9.17, 15) is 18.3 Å². The molecule has 1 saturated carbocycles. The van der Waals surface area contributed by atoms with Gasteiger partial charge in [0.15, 0.2) is 5.76 Å². The molecule has 5 rings (SSSR count). The molecule has 226 valence electrons. The van der Waals surface area contributed by atoms with Gasteiger partial charge in [-0.1, -0.05) is 19.9 Å². The van der Waals surface area contributed by atoms with Crippen molar-refractivity contribution in [2.75, 3.05) is 6.61 Å². The van der Waals surface area contributed by atoms with Gasteiger partial charge in [-0.3, -0.25) is 8.98 Å². The first-order valence-corrected chi connectivity index (χ1v) is 16.0. The monoisotopic (exact) mass is 595 g/mol. The molecule has 0 spiro atoms. The van der Waals surface area contributed by atoms with E-state index in [1.165, 1.54) is 40.3 Å². The number of carbonyl (C=O) groups is 1. The molecule has 0 bridgehead atoms. The van der Waals surface area contributed by atoms with Gasteiger partial charge in [0, 0.05) is 23.6 Å². The minimum atomic E-state index is -4.12. The zero-order valence-electron chi connectivity index (χ0n) is 25.2. The Morgan fingerprint density at radius 1 is 1.17 bits per heavy atom. The van der Waals surface area contributed by atoms with Crippen molar-refractivity contribution in [2.45, 2.75) is 85.7 Å². The standard InChI is InChI=1S/C32H41N3O6S/c1-17-10-26-23(19(3)18(17)2)8-7-9-24(26)25-13-29(41-20(25)4)30(36)27-14-34-16-35-28(27)12-22-11-21(15-40-42(33,38)39)31(37)32(22,5)6/h10,13-14,16,21-22,24,31,37H,7-9,11-12,15H2,1-6H3,(H2,33,38,39)/t21-,22+,24?,31-/m1/s1. The molecule has 9 nitrogen and oxygen atoms in total. The Labute approximate surface area is 248 Å². The highest BCUT2D eigenvalue weighted by atomic mass is 32.2. The molecule has 4 atom stereocenters. The van der Waals surface area contributed by atoms with E-state index < -0.39 is 27.7 Å². The molecule has 3 aromatic rings. The number of ketones is 1. The molecule has 2 aliphatic carbocycles. The molecule has 2 aromatic heterocycles. The number of nitrogens with two attached hydrogens (primary N) is 1. The maximum Gasteiger partial charge on any atom is 0.333 e. The van der Waals surface area contributed by atoms with Gasteiger partial charge in [-0.2, -0.15) is 8.42 Å². The number of aliphatic hydroxyl groups excluding tert-OH is 1. The molecule has 0 saturated heterocycles. The summed E-state index contributed by atoms with van der Waals surface area (Å²) in [5, 5.41) is 16.0. The Morgan fingerprint density at radius 2 is 1.90 bits per heavy atom. The van der Waals surface area contributed by atoms with Crippen molar-refractivity contribution in [2.24, 2.45) is 22.4 Å². The molecule has 1 unspecified atom stereocenters. The summed E-state index contributed by atoms with van der Waals surface area (Å²) in [4.78, 5) is 22.5. The van der Waals surface area contributed by atoms with E-state index in [4.69, 9.17) is 13.7 Å². The summed E-state index contributed by atoms with van der Waals surface area (Å²) >= 11 is 0. The number of fused-ring (bicyclic) bond motifs is 1. The summed E-state index contributed by atoms with van der Waals surface area (Å²) in [7, 11) is -4.12. The molecule has 0 radical (unpaired) electrons. The molecule has 2 aliphatic rings. The van der Waals surface area contributed by atoms with Crippen molar-refractivity contribution in [1.82, 2.24) is 9.97 Å². The second-order valence-corrected chi connectivity index (χ2v) is 14.0. The molecule has 10 heteroatoms. The minimum absolute atomic E-state index is 0.0920. The van der Waals surface area contributed by atoms with Crippen molar-refractivity contribution in [1.29, 1.82) is 0 Å². The average Bonchev–Trinajstić information content (AvgIpc) is 3.42. The highest BCUT2D eigenvalue weighted by Crippen LogP contribution is 2.48. The number of carbonyl (C=O) groups excluding carboxylic acids is 1. The lowest BCUT2D eigenvalue weighted by Crippen LogP contribution is -2.34. The first kappa shape index (κ1) is 30.5. The Morgan fingerprint density at radius 3 is 2.62 bits per heavy atom. The predicted molar refractivity (Wildman–Crippen MR) is 158 cm³/mol. The van der Waals surface area contributed by atoms with E-state index in [2.05, 4.69) is 36.8 Å². The van der Waals surface area contributed by atoms with E-state index in [0.29, 0.717) is 24.1 Å². The van der Waals surface area contributed by atoms with Crippen LogP contribution in [-0.2, 0) is 27.3 Å². The smallest absolute Gasteiger partial charge is 0.333 e. The van der Waals surface area contributed by atoms with Crippen LogP contribution in [0.15, 0.2) is 29.1 Å². The van der Waals surface area contributed by atoms with Gasteiger partial charge in [0.2, 0.25) is 5.78 Å². The Kier molecular flexibility index (Phi) is 8.21. The highest BCUT2D eigenvalue weighted by Gasteiger charge is 2.49. The maximum absolute atomic E-state index is 13.9. The van der Waals surface area contributed by atoms with Crippen LogP contribution in [0.1, 0.15) is 100.0 Å². The van der Waals surface area contributed by atoms with Crippen LogP contribution < -0.4 is 5.14 Å². The van der Waals surface area contributed by atoms with Crippen molar-refractivity contribution in [3.8, 4) is 0 Å². The van der Waals surface area contributed by atoms with E-state index in [1.54, 1.807) is 0 Å². The van der Waals surface area contributed by atoms with Crippen LogP contribution in [0.4, 0.5) is 0 Å². The number of aromatic nitrogens is 2. The first-order valence-electron chi connectivity index (χ1n) is 14.6. The van der Waals surface area contributed by atoms with Crippen LogP contribution in [0.5, 0.6) is 0 Å². The number of rotatable bonds is 8. The predicted octanol–water partition coefficient (Wildman–Crippen LogP) is 4.79. The minimum Gasteiger partial charge on any atom is -0.458 e. The third-order valence-electron chi connectivity index (χ3n) is 9.95. The third-order valence-corrected chi connectivity index (χ3v) is 10.4. The SMILES string of the molecule is Cc1cc2c(c(C)c1C)CCCC2c1cc(C(=O)c2cncnc2C[C@@H]2C[C@H](COS(N)(=O)=O)[C@@H](O)C2(C)C)oc1C. The molecule has 2 heterocycles. The zero-order valence-corrected chi connectivity index (χ0v) is 26.0. The summed E-state index contributed by atoms with van der Waals surface area (Å²) < 4.78 is 33.6. The average molecular weight is 596 g/mol. The number of aryl methyl sites for hydroxylation is 2. The number of furan rings is 1. The molecule has 1 aromatic carbocycles. The molecule has 1 fully saturated rings. The molecule has 0 amide bonds. The Bertz CT molecular complexity index is 1630. The number of aliphatic hydroxyl groups is 1. The summed E-state index contributed by atoms with van der Waals surface area (Å²) in [5.74, 6) is 0.373. The fraction of sp³-hybridized carbons (Fsp3) is 0.531. The van der Waals surface area contributed by atoms with E-state index in [-0.39, 0.29) is 30.0 Å². The number of hydrogen-bond acceptors (Lipinski definition) is 8. The number of nitrogens with zero attached hydrogens (tertiary/aromatic N) is 2. The normalized spacial score (nSPS) is 23.6. The van der Waals surface area contributed by atoms with Gasteiger partial charge in [0.25, 0.3) is 0 Å². The van der Waals surface area contributed by atoms with Gasteiger partial charge >= 0.3 is 10.3 Å². The van der Waals surface area contributed by atoms with Crippen LogP contribution in [0.3, 0.4) is 0 Å². The third kappa shape index (κ3) is 5.69. The van der Waals surface area contributed by atoms with Gasteiger partial charge in [0.1, 0.15) is 12.1 Å². The van der Waals surface area contributed by atoms with Crippen LogP contribution >= 0.6 is 0 Å². The van der Waals surface area contributed by atoms with Crippen molar-refractivity contribution < 1.29 is 26.9 Å². The van der Waals surface area contributed by atoms with Crippen LogP contribution in [0.25, 0.3) is 0 Å². The van der Waals surface area contributed by atoms with Crippen LogP contribution in [0, 0.1) is 44.9 Å². The Hall–Kier alpha value is -2.92. The highest BCUT2D eigenvalue weighted by molar-refractivity contribution is 7.84.